The molecule has 0 atom stereocenters. The van der Waals surface area contributed by atoms with Crippen LogP contribution in [0.5, 0.6) is 0 Å². The Balaban J connectivity index is 1.56. The maximum atomic E-state index is 12.2. The lowest BCUT2D eigenvalue weighted by Crippen LogP contribution is -2.24. The lowest BCUT2D eigenvalue weighted by molar-refractivity contribution is -0.120. The second kappa shape index (κ2) is 8.28. The van der Waals surface area contributed by atoms with Gasteiger partial charge in [-0.2, -0.15) is 0 Å². The molecule has 0 spiro atoms. The average Bonchev–Trinajstić information content (AvgIpc) is 3.08. The van der Waals surface area contributed by atoms with Crippen molar-refractivity contribution in [2.24, 2.45) is 0 Å². The summed E-state index contributed by atoms with van der Waals surface area (Å²) in [6, 6.07) is 12.5. The second-order valence-corrected chi connectivity index (χ2v) is 8.49. The van der Waals surface area contributed by atoms with Crippen molar-refractivity contribution < 1.29 is 13.2 Å². The van der Waals surface area contributed by atoms with E-state index in [1.54, 1.807) is 24.4 Å². The highest BCUT2D eigenvalue weighted by atomic mass is 32.2. The number of amides is 1. The predicted octanol–water partition coefficient (Wildman–Crippen LogP) is 2.44. The van der Waals surface area contributed by atoms with E-state index in [1.807, 2.05) is 29.6 Å². The number of sulfonamides is 1. The molecule has 0 bridgehead atoms. The third-order valence-corrected chi connectivity index (χ3v) is 5.02. The van der Waals surface area contributed by atoms with Crippen molar-refractivity contribution in [3.8, 4) is 10.7 Å². The first-order valence-corrected chi connectivity index (χ1v) is 10.9. The molecular formula is C18H18N4O3S2. The van der Waals surface area contributed by atoms with Crippen molar-refractivity contribution in [2.75, 3.05) is 11.0 Å². The summed E-state index contributed by atoms with van der Waals surface area (Å²) in [6.07, 6.45) is 2.97. The number of hydrogen-bond donors (Lipinski definition) is 2. The van der Waals surface area contributed by atoms with Crippen LogP contribution < -0.4 is 10.0 Å². The fraction of sp³-hybridized carbons (Fsp3) is 0.167. The quantitative estimate of drug-likeness (QED) is 0.632. The monoisotopic (exact) mass is 402 g/mol. The van der Waals surface area contributed by atoms with Crippen molar-refractivity contribution >= 4 is 33.0 Å². The normalized spacial score (nSPS) is 11.1. The third-order valence-electron chi connectivity index (χ3n) is 3.50. The minimum Gasteiger partial charge on any atom is -0.352 e. The van der Waals surface area contributed by atoms with Crippen molar-refractivity contribution in [1.82, 2.24) is 15.3 Å². The van der Waals surface area contributed by atoms with E-state index in [-0.39, 0.29) is 12.3 Å². The van der Waals surface area contributed by atoms with Crippen molar-refractivity contribution in [3.63, 3.8) is 0 Å². The van der Waals surface area contributed by atoms with E-state index in [0.29, 0.717) is 17.9 Å². The molecule has 3 aromatic rings. The maximum Gasteiger partial charge on any atom is 0.229 e. The Bertz CT molecular complexity index is 1030. The van der Waals surface area contributed by atoms with Gasteiger partial charge in [0.05, 0.1) is 24.1 Å². The molecule has 0 radical (unpaired) electrons. The van der Waals surface area contributed by atoms with Crippen LogP contribution in [0.3, 0.4) is 0 Å². The predicted molar refractivity (Wildman–Crippen MR) is 106 cm³/mol. The van der Waals surface area contributed by atoms with Gasteiger partial charge in [-0.25, -0.2) is 13.4 Å². The van der Waals surface area contributed by atoms with Crippen molar-refractivity contribution in [2.45, 2.75) is 13.0 Å². The first-order valence-electron chi connectivity index (χ1n) is 8.08. The van der Waals surface area contributed by atoms with Gasteiger partial charge in [-0.15, -0.1) is 11.3 Å². The van der Waals surface area contributed by atoms with E-state index >= 15 is 0 Å². The van der Waals surface area contributed by atoms with Crippen LogP contribution in [-0.4, -0.2) is 30.5 Å². The van der Waals surface area contributed by atoms with Crippen LogP contribution in [-0.2, 0) is 27.8 Å². The Labute approximate surface area is 161 Å². The molecule has 2 aromatic heterocycles. The molecule has 0 aliphatic heterocycles. The number of nitrogens with zero attached hydrogens (tertiary/aromatic N) is 2. The summed E-state index contributed by atoms with van der Waals surface area (Å²) in [5.41, 5.74) is 2.73. The minimum atomic E-state index is -3.34. The summed E-state index contributed by atoms with van der Waals surface area (Å²) in [5.74, 6) is -0.158. The summed E-state index contributed by atoms with van der Waals surface area (Å²) >= 11 is 1.45. The van der Waals surface area contributed by atoms with E-state index in [9.17, 15) is 13.2 Å². The molecule has 1 amide bonds. The molecule has 0 aliphatic carbocycles. The Kier molecular flexibility index (Phi) is 5.82. The van der Waals surface area contributed by atoms with E-state index in [2.05, 4.69) is 20.0 Å². The number of pyridine rings is 1. The molecule has 140 valence electrons. The SMILES string of the molecule is CS(=O)(=O)Nc1cccc(CNC(=O)Cc2csc(-c3ccccn3)n2)c1. The third kappa shape index (κ3) is 5.87. The summed E-state index contributed by atoms with van der Waals surface area (Å²) in [6.45, 7) is 0.301. The van der Waals surface area contributed by atoms with Crippen LogP contribution in [0.4, 0.5) is 5.69 Å². The Morgan fingerprint density at radius 3 is 2.78 bits per heavy atom. The van der Waals surface area contributed by atoms with Crippen LogP contribution in [0.1, 0.15) is 11.3 Å². The van der Waals surface area contributed by atoms with Crippen molar-refractivity contribution in [3.05, 3.63) is 65.3 Å². The Morgan fingerprint density at radius 2 is 2.04 bits per heavy atom. The molecule has 0 unspecified atom stereocenters. The van der Waals surface area contributed by atoms with E-state index in [1.165, 1.54) is 11.3 Å². The lowest BCUT2D eigenvalue weighted by Gasteiger charge is -2.08. The van der Waals surface area contributed by atoms with Crippen LogP contribution in [0.2, 0.25) is 0 Å². The number of anilines is 1. The van der Waals surface area contributed by atoms with Gasteiger partial charge in [0.2, 0.25) is 15.9 Å². The van der Waals surface area contributed by atoms with Gasteiger partial charge in [0, 0.05) is 23.8 Å². The Hall–Kier alpha value is -2.78. The van der Waals surface area contributed by atoms with Gasteiger partial charge >= 0.3 is 0 Å². The molecule has 0 saturated carbocycles. The summed E-state index contributed by atoms with van der Waals surface area (Å²) in [7, 11) is -3.34. The highest BCUT2D eigenvalue weighted by Gasteiger charge is 2.10. The van der Waals surface area contributed by atoms with Crippen LogP contribution >= 0.6 is 11.3 Å². The number of thiazole rings is 1. The minimum absolute atomic E-state index is 0.158. The van der Waals surface area contributed by atoms with Gasteiger partial charge in [0.25, 0.3) is 0 Å². The molecule has 7 nitrogen and oxygen atoms in total. The Morgan fingerprint density at radius 1 is 1.19 bits per heavy atom. The zero-order valence-corrected chi connectivity index (χ0v) is 16.2. The molecule has 2 heterocycles. The number of carbonyl (C=O) groups excluding carboxylic acids is 1. The maximum absolute atomic E-state index is 12.2. The zero-order chi connectivity index (χ0) is 19.3. The summed E-state index contributed by atoms with van der Waals surface area (Å²) in [5, 5.41) is 5.44. The highest BCUT2D eigenvalue weighted by Crippen LogP contribution is 2.21. The number of rotatable bonds is 7. The number of nitrogens with one attached hydrogen (secondary N) is 2. The van der Waals surface area contributed by atoms with Gasteiger partial charge in [-0.1, -0.05) is 18.2 Å². The zero-order valence-electron chi connectivity index (χ0n) is 14.5. The topological polar surface area (TPSA) is 101 Å². The number of carbonyl (C=O) groups is 1. The fourth-order valence-electron chi connectivity index (χ4n) is 2.38. The van der Waals surface area contributed by atoms with E-state index in [0.717, 1.165) is 22.5 Å². The average molecular weight is 403 g/mol. The molecule has 0 aliphatic rings. The lowest BCUT2D eigenvalue weighted by atomic mass is 10.2. The fourth-order valence-corrected chi connectivity index (χ4v) is 3.73. The largest absolute Gasteiger partial charge is 0.352 e. The summed E-state index contributed by atoms with van der Waals surface area (Å²) in [4.78, 5) is 20.9. The molecule has 9 heteroatoms. The highest BCUT2D eigenvalue weighted by molar-refractivity contribution is 7.92. The van der Waals surface area contributed by atoms with Gasteiger partial charge in [0.15, 0.2) is 0 Å². The number of hydrogen-bond acceptors (Lipinski definition) is 6. The second-order valence-electron chi connectivity index (χ2n) is 5.89. The van der Waals surface area contributed by atoms with Gasteiger partial charge < -0.3 is 5.32 Å². The van der Waals surface area contributed by atoms with E-state index in [4.69, 9.17) is 0 Å². The van der Waals surface area contributed by atoms with Crippen molar-refractivity contribution in [1.29, 1.82) is 0 Å². The van der Waals surface area contributed by atoms with Gasteiger partial charge in [-0.3, -0.25) is 14.5 Å². The first kappa shape index (κ1) is 19.0. The summed E-state index contributed by atoms with van der Waals surface area (Å²) < 4.78 is 25.0. The standard InChI is InChI=1S/C18H18N4O3S2/c1-27(24,25)22-14-6-4-5-13(9-14)11-20-17(23)10-15-12-26-18(21-15)16-7-2-3-8-19-16/h2-9,12,22H,10-11H2,1H3,(H,20,23). The molecular weight excluding hydrogens is 384 g/mol. The van der Waals surface area contributed by atoms with Gasteiger partial charge in [0.1, 0.15) is 5.01 Å². The molecule has 0 saturated heterocycles. The molecule has 1 aromatic carbocycles. The van der Waals surface area contributed by atoms with Crippen LogP contribution in [0, 0.1) is 0 Å². The molecule has 2 N–H and O–H groups in total. The van der Waals surface area contributed by atoms with E-state index < -0.39 is 10.0 Å². The molecule has 27 heavy (non-hydrogen) atoms. The smallest absolute Gasteiger partial charge is 0.229 e. The number of aromatic nitrogens is 2. The number of benzene rings is 1. The van der Waals surface area contributed by atoms with Crippen LogP contribution in [0.25, 0.3) is 10.7 Å². The molecule has 3 rings (SSSR count). The van der Waals surface area contributed by atoms with Gasteiger partial charge in [-0.05, 0) is 29.8 Å². The first-order chi connectivity index (χ1) is 12.9. The molecule has 0 fully saturated rings. The van der Waals surface area contributed by atoms with Crippen LogP contribution in [0.15, 0.2) is 54.0 Å².